The normalized spacial score (nSPS) is 14.8. The Morgan fingerprint density at radius 2 is 1.94 bits per heavy atom. The lowest BCUT2D eigenvalue weighted by molar-refractivity contribution is 0.0730. The van der Waals surface area contributed by atoms with Crippen LogP contribution in [0.1, 0.15) is 21.6 Å². The fraction of sp³-hybridized carbons (Fsp3) is 0.300. The minimum atomic E-state index is -3.69. The van der Waals surface area contributed by atoms with E-state index in [0.717, 1.165) is 0 Å². The molecule has 0 spiro atoms. The van der Waals surface area contributed by atoms with Gasteiger partial charge in [-0.05, 0) is 31.5 Å². The summed E-state index contributed by atoms with van der Waals surface area (Å²) < 4.78 is 33.0. The molecule has 3 heterocycles. The van der Waals surface area contributed by atoms with Gasteiger partial charge in [-0.15, -0.1) is 0 Å². The van der Waals surface area contributed by atoms with E-state index in [1.807, 2.05) is 0 Å². The van der Waals surface area contributed by atoms with Crippen LogP contribution in [0, 0.1) is 13.8 Å². The highest BCUT2D eigenvalue weighted by Gasteiger charge is 2.28. The number of nitrogens with one attached hydrogen (secondary N) is 1. The van der Waals surface area contributed by atoms with Gasteiger partial charge in [0.1, 0.15) is 5.69 Å². The summed E-state index contributed by atoms with van der Waals surface area (Å²) in [6, 6.07) is 4.98. The molecule has 1 aromatic carbocycles. The van der Waals surface area contributed by atoms with Crippen LogP contribution in [0.25, 0.3) is 10.6 Å². The van der Waals surface area contributed by atoms with Gasteiger partial charge in [0.2, 0.25) is 16.0 Å². The van der Waals surface area contributed by atoms with Gasteiger partial charge < -0.3 is 21.5 Å². The number of ether oxygens (including phenoxy) is 1. The van der Waals surface area contributed by atoms with Crippen molar-refractivity contribution < 1.29 is 17.9 Å². The lowest BCUT2D eigenvalue weighted by Gasteiger charge is -2.26. The van der Waals surface area contributed by atoms with Crippen LogP contribution in [0.15, 0.2) is 29.3 Å². The minimum absolute atomic E-state index is 0.131. The molecule has 5 N–H and O–H groups in total. The number of nitrogens with two attached hydrogens (primary N) is 2. The zero-order valence-electron chi connectivity index (χ0n) is 18.0. The van der Waals surface area contributed by atoms with Gasteiger partial charge in [-0.1, -0.05) is 17.4 Å². The molecule has 174 valence electrons. The topological polar surface area (TPSA) is 166 Å². The molecule has 1 amide bonds. The summed E-state index contributed by atoms with van der Waals surface area (Å²) in [5.74, 6) is -0.517. The van der Waals surface area contributed by atoms with E-state index in [1.54, 1.807) is 32.0 Å². The summed E-state index contributed by atoms with van der Waals surface area (Å²) in [6.07, 6.45) is 1.32. The van der Waals surface area contributed by atoms with Crippen molar-refractivity contribution in [3.05, 3.63) is 41.2 Å². The van der Waals surface area contributed by atoms with Crippen molar-refractivity contribution in [1.29, 1.82) is 0 Å². The van der Waals surface area contributed by atoms with E-state index >= 15 is 0 Å². The predicted molar refractivity (Wildman–Crippen MR) is 125 cm³/mol. The maximum atomic E-state index is 13.2. The molecule has 0 bridgehead atoms. The van der Waals surface area contributed by atoms with Gasteiger partial charge in [-0.3, -0.25) is 4.79 Å². The van der Waals surface area contributed by atoms with E-state index in [9.17, 15) is 13.2 Å². The maximum absolute atomic E-state index is 13.2. The Morgan fingerprint density at radius 1 is 1.21 bits per heavy atom. The van der Waals surface area contributed by atoms with Gasteiger partial charge >= 0.3 is 0 Å². The van der Waals surface area contributed by atoms with Crippen LogP contribution in [-0.2, 0) is 14.8 Å². The minimum Gasteiger partial charge on any atom is -0.379 e. The van der Waals surface area contributed by atoms with Crippen LogP contribution >= 0.6 is 11.3 Å². The number of primary amides is 1. The van der Waals surface area contributed by atoms with E-state index in [1.165, 1.54) is 21.8 Å². The number of aryl methyl sites for hydroxylation is 2. The highest BCUT2D eigenvalue weighted by molar-refractivity contribution is 7.89. The van der Waals surface area contributed by atoms with Gasteiger partial charge in [0, 0.05) is 25.0 Å². The fourth-order valence-corrected chi connectivity index (χ4v) is 5.94. The monoisotopic (exact) mass is 489 g/mol. The van der Waals surface area contributed by atoms with Crippen LogP contribution in [-0.4, -0.2) is 59.9 Å². The summed E-state index contributed by atoms with van der Waals surface area (Å²) in [5.41, 5.74) is 13.4. The molecule has 1 fully saturated rings. The number of amides is 1. The second-order valence-corrected chi connectivity index (χ2v) is 10.3. The van der Waals surface area contributed by atoms with Crippen molar-refractivity contribution in [2.45, 2.75) is 18.7 Å². The van der Waals surface area contributed by atoms with Crippen molar-refractivity contribution in [2.24, 2.45) is 5.73 Å². The molecular formula is C20H23N7O4S2. The molecule has 4 rings (SSSR count). The number of nitrogens with zero attached hydrogens (tertiary/aromatic N) is 4. The second-order valence-electron chi connectivity index (χ2n) is 7.41. The third-order valence-corrected chi connectivity index (χ3v) is 8.15. The Bertz CT molecular complexity index is 1320. The summed E-state index contributed by atoms with van der Waals surface area (Å²) in [4.78, 5) is 25.5. The van der Waals surface area contributed by atoms with E-state index in [-0.39, 0.29) is 16.4 Å². The second kappa shape index (κ2) is 9.02. The zero-order chi connectivity index (χ0) is 23.8. The third-order valence-electron chi connectivity index (χ3n) is 5.11. The first kappa shape index (κ1) is 23.0. The molecule has 0 aliphatic carbocycles. The van der Waals surface area contributed by atoms with E-state index < -0.39 is 15.9 Å². The van der Waals surface area contributed by atoms with Crippen molar-refractivity contribution in [3.8, 4) is 10.6 Å². The summed E-state index contributed by atoms with van der Waals surface area (Å²) in [5, 5.41) is 3.36. The molecule has 2 aromatic heterocycles. The van der Waals surface area contributed by atoms with Gasteiger partial charge in [0.05, 0.1) is 34.2 Å². The Hall–Kier alpha value is -3.13. The summed E-state index contributed by atoms with van der Waals surface area (Å²) in [6.45, 7) is 4.83. The fourth-order valence-electron chi connectivity index (χ4n) is 3.44. The molecule has 0 atom stereocenters. The van der Waals surface area contributed by atoms with Crippen molar-refractivity contribution in [2.75, 3.05) is 37.4 Å². The molecule has 0 unspecified atom stereocenters. The predicted octanol–water partition coefficient (Wildman–Crippen LogP) is 1.66. The lowest BCUT2D eigenvalue weighted by atomic mass is 10.1. The number of nitrogen functional groups attached to an aromatic ring is 1. The van der Waals surface area contributed by atoms with E-state index in [4.69, 9.17) is 16.2 Å². The molecular weight excluding hydrogens is 466 g/mol. The molecule has 33 heavy (non-hydrogen) atoms. The van der Waals surface area contributed by atoms with Gasteiger partial charge in [-0.25, -0.2) is 23.4 Å². The van der Waals surface area contributed by atoms with Crippen LogP contribution in [0.5, 0.6) is 0 Å². The van der Waals surface area contributed by atoms with Crippen molar-refractivity contribution in [3.63, 3.8) is 0 Å². The van der Waals surface area contributed by atoms with Gasteiger partial charge in [-0.2, -0.15) is 4.31 Å². The van der Waals surface area contributed by atoms with E-state index in [0.29, 0.717) is 59.0 Å². The number of carbonyl (C=O) groups excluding carboxylic acids is 1. The zero-order valence-corrected chi connectivity index (χ0v) is 19.7. The van der Waals surface area contributed by atoms with Crippen LogP contribution in [0.4, 0.5) is 16.8 Å². The number of hydrogen-bond acceptors (Lipinski definition) is 10. The van der Waals surface area contributed by atoms with Gasteiger partial charge in [0.25, 0.3) is 5.91 Å². The molecule has 1 aliphatic rings. The number of aromatic nitrogens is 3. The number of anilines is 3. The Labute approximate surface area is 194 Å². The quantitative estimate of drug-likeness (QED) is 0.466. The summed E-state index contributed by atoms with van der Waals surface area (Å²) >= 11 is 1.18. The average molecular weight is 490 g/mol. The van der Waals surface area contributed by atoms with Gasteiger partial charge in [0.15, 0.2) is 5.13 Å². The van der Waals surface area contributed by atoms with E-state index in [2.05, 4.69) is 20.3 Å². The molecule has 1 aliphatic heterocycles. The lowest BCUT2D eigenvalue weighted by Crippen LogP contribution is -2.40. The number of sulfonamides is 1. The average Bonchev–Trinajstić information content (AvgIpc) is 3.13. The highest BCUT2D eigenvalue weighted by Crippen LogP contribution is 2.33. The Morgan fingerprint density at radius 3 is 2.58 bits per heavy atom. The molecule has 0 radical (unpaired) electrons. The number of thiazole rings is 1. The smallest absolute Gasteiger partial charge is 0.252 e. The largest absolute Gasteiger partial charge is 0.379 e. The SMILES string of the molecule is Cc1ccc(Nc2ncc(C(N)=O)c(-c3sc(N)nc3C)n2)cc1S(=O)(=O)N1CCOCC1. The summed E-state index contributed by atoms with van der Waals surface area (Å²) in [7, 11) is -3.69. The maximum Gasteiger partial charge on any atom is 0.252 e. The van der Waals surface area contributed by atoms with Crippen LogP contribution < -0.4 is 16.8 Å². The molecule has 3 aromatic rings. The third kappa shape index (κ3) is 4.66. The van der Waals surface area contributed by atoms with Crippen molar-refractivity contribution >= 4 is 44.0 Å². The first-order chi connectivity index (χ1) is 15.7. The molecule has 13 heteroatoms. The highest BCUT2D eigenvalue weighted by atomic mass is 32.2. The van der Waals surface area contributed by atoms with Crippen LogP contribution in [0.2, 0.25) is 0 Å². The number of carbonyl (C=O) groups is 1. The number of morpholine rings is 1. The molecule has 0 saturated carbocycles. The molecule has 11 nitrogen and oxygen atoms in total. The standard InChI is InChI=1S/C20H23N7O4S2/c1-11-3-4-13(9-15(11)33(29,30)27-5-7-31-8-6-27)25-20-23-10-14(18(21)28)16(26-20)17-12(2)24-19(22)32-17/h3-4,9-10H,5-8H2,1-2H3,(H2,21,28)(H2,22,24)(H,23,25,26). The first-order valence-corrected chi connectivity index (χ1v) is 12.3. The number of hydrogen-bond donors (Lipinski definition) is 3. The first-order valence-electron chi connectivity index (χ1n) is 10.0. The number of benzene rings is 1. The Kier molecular flexibility index (Phi) is 6.30. The van der Waals surface area contributed by atoms with Crippen molar-refractivity contribution in [1.82, 2.24) is 19.3 Å². The van der Waals surface area contributed by atoms with Crippen LogP contribution in [0.3, 0.4) is 0 Å². The molecule has 1 saturated heterocycles. The Balaban J connectivity index is 1.70. The number of rotatable bonds is 6.